The molecule has 92 valence electrons. The Kier molecular flexibility index (Phi) is 5.03. The fourth-order valence-electron chi connectivity index (χ4n) is 1.86. The molecular formula is C13H23NO2. The highest BCUT2D eigenvalue weighted by atomic mass is 16.3. The third kappa shape index (κ3) is 3.99. The van der Waals surface area contributed by atoms with Crippen molar-refractivity contribution in [1.29, 1.82) is 0 Å². The molecule has 3 nitrogen and oxygen atoms in total. The van der Waals surface area contributed by atoms with E-state index < -0.39 is 0 Å². The van der Waals surface area contributed by atoms with Crippen LogP contribution in [-0.4, -0.2) is 17.8 Å². The van der Waals surface area contributed by atoms with Gasteiger partial charge in [-0.3, -0.25) is 0 Å². The molecule has 1 rings (SSSR count). The van der Waals surface area contributed by atoms with E-state index in [9.17, 15) is 5.11 Å². The van der Waals surface area contributed by atoms with Crippen LogP contribution in [0.2, 0.25) is 0 Å². The molecule has 0 spiro atoms. The second-order valence-corrected chi connectivity index (χ2v) is 4.88. The standard InChI is InChI=1S/C13H23NO2/c1-9(2)7-12(15)8-14-11(4)13-10(3)5-6-16-13/h5-6,9,11-12,14-15H,7-8H2,1-4H3/t11-,12+/m0/s1. The van der Waals surface area contributed by atoms with Gasteiger partial charge in [-0.25, -0.2) is 0 Å². The summed E-state index contributed by atoms with van der Waals surface area (Å²) in [7, 11) is 0. The van der Waals surface area contributed by atoms with E-state index in [4.69, 9.17) is 4.42 Å². The molecular weight excluding hydrogens is 202 g/mol. The molecule has 0 amide bonds. The van der Waals surface area contributed by atoms with E-state index in [0.717, 1.165) is 17.7 Å². The number of hydrogen-bond donors (Lipinski definition) is 2. The predicted octanol–water partition coefficient (Wildman–Crippen LogP) is 2.65. The van der Waals surface area contributed by atoms with Crippen molar-refractivity contribution in [3.8, 4) is 0 Å². The van der Waals surface area contributed by atoms with Crippen LogP contribution in [0.1, 0.15) is 44.6 Å². The topological polar surface area (TPSA) is 45.4 Å². The second-order valence-electron chi connectivity index (χ2n) is 4.88. The molecule has 0 saturated heterocycles. The number of rotatable bonds is 6. The first-order valence-corrected chi connectivity index (χ1v) is 5.96. The van der Waals surface area contributed by atoms with Gasteiger partial charge in [0.25, 0.3) is 0 Å². The van der Waals surface area contributed by atoms with Crippen molar-refractivity contribution in [2.24, 2.45) is 5.92 Å². The lowest BCUT2D eigenvalue weighted by Crippen LogP contribution is -2.30. The average molecular weight is 225 g/mol. The molecule has 16 heavy (non-hydrogen) atoms. The predicted molar refractivity (Wildman–Crippen MR) is 65.3 cm³/mol. The molecule has 0 saturated carbocycles. The maximum Gasteiger partial charge on any atom is 0.123 e. The van der Waals surface area contributed by atoms with Gasteiger partial charge in [0.15, 0.2) is 0 Å². The molecule has 0 unspecified atom stereocenters. The van der Waals surface area contributed by atoms with Crippen LogP contribution in [0.25, 0.3) is 0 Å². The Morgan fingerprint density at radius 1 is 1.38 bits per heavy atom. The number of hydrogen-bond acceptors (Lipinski definition) is 3. The Morgan fingerprint density at radius 2 is 2.06 bits per heavy atom. The van der Waals surface area contributed by atoms with Crippen molar-refractivity contribution in [2.75, 3.05) is 6.54 Å². The van der Waals surface area contributed by atoms with Crippen molar-refractivity contribution in [3.05, 3.63) is 23.7 Å². The zero-order valence-electron chi connectivity index (χ0n) is 10.7. The van der Waals surface area contributed by atoms with Crippen molar-refractivity contribution < 1.29 is 9.52 Å². The van der Waals surface area contributed by atoms with Gasteiger partial charge in [0.1, 0.15) is 5.76 Å². The molecule has 0 aliphatic rings. The molecule has 0 aromatic carbocycles. The van der Waals surface area contributed by atoms with Crippen LogP contribution < -0.4 is 5.32 Å². The molecule has 2 atom stereocenters. The lowest BCUT2D eigenvalue weighted by Gasteiger charge is -2.17. The lowest BCUT2D eigenvalue weighted by molar-refractivity contribution is 0.142. The van der Waals surface area contributed by atoms with E-state index in [1.807, 2.05) is 19.9 Å². The van der Waals surface area contributed by atoms with E-state index in [1.165, 1.54) is 0 Å². The van der Waals surface area contributed by atoms with Crippen molar-refractivity contribution >= 4 is 0 Å². The molecule has 0 radical (unpaired) electrons. The Hall–Kier alpha value is -0.800. The third-order valence-corrected chi connectivity index (χ3v) is 2.70. The summed E-state index contributed by atoms with van der Waals surface area (Å²) in [5.41, 5.74) is 1.15. The van der Waals surface area contributed by atoms with Gasteiger partial charge in [-0.1, -0.05) is 13.8 Å². The largest absolute Gasteiger partial charge is 0.467 e. The molecule has 1 heterocycles. The zero-order valence-corrected chi connectivity index (χ0v) is 10.7. The van der Waals surface area contributed by atoms with Crippen LogP contribution in [0.4, 0.5) is 0 Å². The van der Waals surface area contributed by atoms with Crippen LogP contribution in [0.5, 0.6) is 0 Å². The fraction of sp³-hybridized carbons (Fsp3) is 0.692. The second kappa shape index (κ2) is 6.06. The van der Waals surface area contributed by atoms with Gasteiger partial charge < -0.3 is 14.8 Å². The van der Waals surface area contributed by atoms with Crippen LogP contribution >= 0.6 is 0 Å². The van der Waals surface area contributed by atoms with Crippen LogP contribution in [0.3, 0.4) is 0 Å². The molecule has 1 aromatic heterocycles. The summed E-state index contributed by atoms with van der Waals surface area (Å²) in [6.07, 6.45) is 2.25. The quantitative estimate of drug-likeness (QED) is 0.782. The first kappa shape index (κ1) is 13.3. The van der Waals surface area contributed by atoms with E-state index in [1.54, 1.807) is 6.26 Å². The number of aliphatic hydroxyl groups is 1. The molecule has 0 fully saturated rings. The number of nitrogens with one attached hydrogen (secondary N) is 1. The van der Waals surface area contributed by atoms with Gasteiger partial charge in [-0.2, -0.15) is 0 Å². The smallest absolute Gasteiger partial charge is 0.123 e. The van der Waals surface area contributed by atoms with Gasteiger partial charge in [0.2, 0.25) is 0 Å². The van der Waals surface area contributed by atoms with Crippen molar-refractivity contribution in [1.82, 2.24) is 5.32 Å². The Labute approximate surface area is 97.9 Å². The van der Waals surface area contributed by atoms with Crippen molar-refractivity contribution in [3.63, 3.8) is 0 Å². The normalized spacial score (nSPS) is 15.4. The van der Waals surface area contributed by atoms with Crippen LogP contribution in [0, 0.1) is 12.8 Å². The minimum absolute atomic E-state index is 0.150. The monoisotopic (exact) mass is 225 g/mol. The summed E-state index contributed by atoms with van der Waals surface area (Å²) < 4.78 is 5.40. The molecule has 2 N–H and O–H groups in total. The SMILES string of the molecule is Cc1ccoc1[C@H](C)NC[C@H](O)CC(C)C. The summed E-state index contributed by atoms with van der Waals surface area (Å²) >= 11 is 0. The molecule has 0 aliphatic carbocycles. The summed E-state index contributed by atoms with van der Waals surface area (Å²) in [5.74, 6) is 1.48. The highest BCUT2D eigenvalue weighted by Crippen LogP contribution is 2.18. The Morgan fingerprint density at radius 3 is 2.56 bits per heavy atom. The fourth-order valence-corrected chi connectivity index (χ4v) is 1.86. The zero-order chi connectivity index (χ0) is 12.1. The minimum atomic E-state index is -0.280. The van der Waals surface area contributed by atoms with E-state index in [-0.39, 0.29) is 12.1 Å². The van der Waals surface area contributed by atoms with Gasteiger partial charge in [0, 0.05) is 6.54 Å². The highest BCUT2D eigenvalue weighted by Gasteiger charge is 2.13. The van der Waals surface area contributed by atoms with Crippen molar-refractivity contribution in [2.45, 2.75) is 46.3 Å². The summed E-state index contributed by atoms with van der Waals surface area (Å²) in [4.78, 5) is 0. The number of furan rings is 1. The summed E-state index contributed by atoms with van der Waals surface area (Å²) in [6.45, 7) is 8.92. The number of aliphatic hydroxyl groups excluding tert-OH is 1. The van der Waals surface area contributed by atoms with E-state index in [0.29, 0.717) is 12.5 Å². The maximum atomic E-state index is 9.74. The summed E-state index contributed by atoms with van der Waals surface area (Å²) in [6, 6.07) is 2.11. The highest BCUT2D eigenvalue weighted by molar-refractivity contribution is 5.17. The van der Waals surface area contributed by atoms with E-state index in [2.05, 4.69) is 19.2 Å². The maximum absolute atomic E-state index is 9.74. The van der Waals surface area contributed by atoms with Gasteiger partial charge in [0.05, 0.1) is 18.4 Å². The molecule has 0 aliphatic heterocycles. The Bertz CT molecular complexity index is 307. The molecule has 1 aromatic rings. The average Bonchev–Trinajstić information content (AvgIpc) is 2.60. The first-order chi connectivity index (χ1) is 7.50. The molecule has 3 heteroatoms. The van der Waals surface area contributed by atoms with Crippen LogP contribution in [0.15, 0.2) is 16.7 Å². The Balaban J connectivity index is 2.35. The number of aryl methyl sites for hydroxylation is 1. The van der Waals surface area contributed by atoms with Gasteiger partial charge in [-0.05, 0) is 37.8 Å². The minimum Gasteiger partial charge on any atom is -0.467 e. The van der Waals surface area contributed by atoms with Gasteiger partial charge >= 0.3 is 0 Å². The lowest BCUT2D eigenvalue weighted by atomic mass is 10.1. The first-order valence-electron chi connectivity index (χ1n) is 5.96. The third-order valence-electron chi connectivity index (χ3n) is 2.70. The molecule has 0 bridgehead atoms. The van der Waals surface area contributed by atoms with Crippen LogP contribution in [-0.2, 0) is 0 Å². The van der Waals surface area contributed by atoms with Gasteiger partial charge in [-0.15, -0.1) is 0 Å². The van der Waals surface area contributed by atoms with E-state index >= 15 is 0 Å². The summed E-state index contributed by atoms with van der Waals surface area (Å²) in [5, 5.41) is 13.0.